The summed E-state index contributed by atoms with van der Waals surface area (Å²) >= 11 is 0. The fourth-order valence-corrected chi connectivity index (χ4v) is 1.81. The number of anilines is 2. The van der Waals surface area contributed by atoms with Crippen LogP contribution in [0.3, 0.4) is 0 Å². The van der Waals surface area contributed by atoms with Crippen molar-refractivity contribution in [2.24, 2.45) is 5.92 Å². The van der Waals surface area contributed by atoms with Crippen LogP contribution in [0.25, 0.3) is 0 Å². The molecule has 0 bridgehead atoms. The highest BCUT2D eigenvalue weighted by molar-refractivity contribution is 5.63. The highest BCUT2D eigenvalue weighted by Crippen LogP contribution is 2.28. The molecule has 20 heavy (non-hydrogen) atoms. The van der Waals surface area contributed by atoms with E-state index in [9.17, 15) is 0 Å². The van der Waals surface area contributed by atoms with Crippen LogP contribution in [0, 0.1) is 5.92 Å². The number of hydrogen-bond acceptors (Lipinski definition) is 6. The lowest BCUT2D eigenvalue weighted by molar-refractivity contribution is 0.229. The zero-order valence-corrected chi connectivity index (χ0v) is 12.6. The average Bonchev–Trinajstić information content (AvgIpc) is 2.49. The highest BCUT2D eigenvalue weighted by Gasteiger charge is 2.11. The SMILES string of the molecule is CCCNc1ncnc(NCCCC(C)CO)c1OC. The molecule has 0 radical (unpaired) electrons. The second-order valence-electron chi connectivity index (χ2n) is 4.89. The molecule has 3 N–H and O–H groups in total. The van der Waals surface area contributed by atoms with Crippen LogP contribution in [0.2, 0.25) is 0 Å². The van der Waals surface area contributed by atoms with Crippen molar-refractivity contribution in [1.29, 1.82) is 0 Å². The number of nitrogens with one attached hydrogen (secondary N) is 2. The van der Waals surface area contributed by atoms with Crippen LogP contribution in [0.15, 0.2) is 6.33 Å². The van der Waals surface area contributed by atoms with E-state index >= 15 is 0 Å². The third-order valence-corrected chi connectivity index (χ3v) is 3.03. The number of nitrogens with zero attached hydrogens (tertiary/aromatic N) is 2. The van der Waals surface area contributed by atoms with Gasteiger partial charge in [-0.3, -0.25) is 0 Å². The summed E-state index contributed by atoms with van der Waals surface area (Å²) in [4.78, 5) is 8.42. The third-order valence-electron chi connectivity index (χ3n) is 3.03. The Balaban J connectivity index is 2.55. The Hall–Kier alpha value is -1.56. The summed E-state index contributed by atoms with van der Waals surface area (Å²) in [5.41, 5.74) is 0. The molecule has 0 spiro atoms. The lowest BCUT2D eigenvalue weighted by Crippen LogP contribution is -2.11. The van der Waals surface area contributed by atoms with E-state index in [2.05, 4.69) is 27.5 Å². The molecular weight excluding hydrogens is 256 g/mol. The van der Waals surface area contributed by atoms with E-state index in [1.165, 1.54) is 6.33 Å². The molecule has 1 atom stereocenters. The van der Waals surface area contributed by atoms with Gasteiger partial charge in [-0.05, 0) is 25.2 Å². The van der Waals surface area contributed by atoms with Crippen LogP contribution in [-0.4, -0.2) is 41.9 Å². The Morgan fingerprint density at radius 3 is 2.45 bits per heavy atom. The van der Waals surface area contributed by atoms with Gasteiger partial charge >= 0.3 is 0 Å². The van der Waals surface area contributed by atoms with Gasteiger partial charge in [-0.2, -0.15) is 0 Å². The zero-order valence-electron chi connectivity index (χ0n) is 12.6. The Morgan fingerprint density at radius 2 is 1.90 bits per heavy atom. The van der Waals surface area contributed by atoms with Crippen LogP contribution < -0.4 is 15.4 Å². The fraction of sp³-hybridized carbons (Fsp3) is 0.714. The van der Waals surface area contributed by atoms with Crippen LogP contribution in [0.1, 0.15) is 33.1 Å². The summed E-state index contributed by atoms with van der Waals surface area (Å²) in [7, 11) is 1.62. The Kier molecular flexibility index (Phi) is 7.72. The molecule has 1 heterocycles. The van der Waals surface area contributed by atoms with E-state index in [0.29, 0.717) is 17.5 Å². The summed E-state index contributed by atoms with van der Waals surface area (Å²) < 4.78 is 5.38. The summed E-state index contributed by atoms with van der Waals surface area (Å²) in [6.07, 6.45) is 4.51. The molecule has 6 nitrogen and oxygen atoms in total. The van der Waals surface area contributed by atoms with Crippen molar-refractivity contribution < 1.29 is 9.84 Å². The maximum absolute atomic E-state index is 8.98. The van der Waals surface area contributed by atoms with Crippen molar-refractivity contribution in [1.82, 2.24) is 9.97 Å². The molecule has 1 aromatic rings. The summed E-state index contributed by atoms with van der Waals surface area (Å²) in [5.74, 6) is 2.41. The van der Waals surface area contributed by atoms with E-state index in [4.69, 9.17) is 9.84 Å². The molecule has 0 aromatic carbocycles. The smallest absolute Gasteiger partial charge is 0.204 e. The minimum absolute atomic E-state index is 0.238. The van der Waals surface area contributed by atoms with Gasteiger partial charge in [0.15, 0.2) is 11.6 Å². The first-order valence-electron chi connectivity index (χ1n) is 7.20. The van der Waals surface area contributed by atoms with E-state index in [1.807, 2.05) is 6.92 Å². The molecule has 1 unspecified atom stereocenters. The molecule has 0 aliphatic rings. The predicted molar refractivity (Wildman–Crippen MR) is 81.3 cm³/mol. The Morgan fingerprint density at radius 1 is 1.25 bits per heavy atom. The maximum atomic E-state index is 8.98. The van der Waals surface area contributed by atoms with Crippen molar-refractivity contribution in [3.8, 4) is 5.75 Å². The third kappa shape index (κ3) is 5.21. The van der Waals surface area contributed by atoms with Crippen LogP contribution >= 0.6 is 0 Å². The molecule has 6 heteroatoms. The lowest BCUT2D eigenvalue weighted by atomic mass is 10.1. The van der Waals surface area contributed by atoms with E-state index in [-0.39, 0.29) is 6.61 Å². The number of ether oxygens (including phenoxy) is 1. The van der Waals surface area contributed by atoms with Crippen molar-refractivity contribution in [3.05, 3.63) is 6.33 Å². The molecule has 1 rings (SSSR count). The molecule has 0 fully saturated rings. The maximum Gasteiger partial charge on any atom is 0.204 e. The Labute approximate surface area is 121 Å². The number of methoxy groups -OCH3 is 1. The topological polar surface area (TPSA) is 79.3 Å². The molecule has 0 aliphatic heterocycles. The summed E-state index contributed by atoms with van der Waals surface area (Å²) in [6.45, 7) is 6.02. The minimum atomic E-state index is 0.238. The summed E-state index contributed by atoms with van der Waals surface area (Å²) in [6, 6.07) is 0. The van der Waals surface area contributed by atoms with Gasteiger partial charge in [0.05, 0.1) is 7.11 Å². The average molecular weight is 282 g/mol. The van der Waals surface area contributed by atoms with Gasteiger partial charge in [0, 0.05) is 19.7 Å². The van der Waals surface area contributed by atoms with E-state index < -0.39 is 0 Å². The number of hydrogen-bond donors (Lipinski definition) is 3. The van der Waals surface area contributed by atoms with Crippen LogP contribution in [0.5, 0.6) is 5.75 Å². The second kappa shape index (κ2) is 9.36. The monoisotopic (exact) mass is 282 g/mol. The molecule has 1 aromatic heterocycles. The van der Waals surface area contributed by atoms with Crippen molar-refractivity contribution in [2.45, 2.75) is 33.1 Å². The first kappa shape index (κ1) is 16.5. The highest BCUT2D eigenvalue weighted by atomic mass is 16.5. The van der Waals surface area contributed by atoms with E-state index in [0.717, 1.165) is 38.2 Å². The number of rotatable bonds is 10. The number of aromatic nitrogens is 2. The molecule has 0 saturated heterocycles. The van der Waals surface area contributed by atoms with Crippen LogP contribution in [-0.2, 0) is 0 Å². The van der Waals surface area contributed by atoms with Crippen molar-refractivity contribution >= 4 is 11.6 Å². The van der Waals surface area contributed by atoms with Gasteiger partial charge in [-0.15, -0.1) is 0 Å². The first-order chi connectivity index (χ1) is 9.72. The summed E-state index contributed by atoms with van der Waals surface area (Å²) in [5, 5.41) is 15.5. The van der Waals surface area contributed by atoms with Crippen molar-refractivity contribution in [2.75, 3.05) is 37.4 Å². The van der Waals surface area contributed by atoms with Gasteiger partial charge in [0.2, 0.25) is 5.75 Å². The second-order valence-corrected chi connectivity index (χ2v) is 4.89. The van der Waals surface area contributed by atoms with Crippen molar-refractivity contribution in [3.63, 3.8) is 0 Å². The molecule has 0 saturated carbocycles. The van der Waals surface area contributed by atoms with Gasteiger partial charge in [-0.1, -0.05) is 13.8 Å². The predicted octanol–water partition coefficient (Wildman–Crippen LogP) is 2.13. The Bertz CT molecular complexity index is 387. The fourth-order valence-electron chi connectivity index (χ4n) is 1.81. The van der Waals surface area contributed by atoms with Gasteiger partial charge in [0.25, 0.3) is 0 Å². The van der Waals surface area contributed by atoms with Crippen LogP contribution in [0.4, 0.5) is 11.6 Å². The quantitative estimate of drug-likeness (QED) is 0.571. The zero-order chi connectivity index (χ0) is 14.8. The number of aliphatic hydroxyl groups is 1. The lowest BCUT2D eigenvalue weighted by Gasteiger charge is -2.14. The van der Waals surface area contributed by atoms with E-state index in [1.54, 1.807) is 7.11 Å². The van der Waals surface area contributed by atoms with Gasteiger partial charge < -0.3 is 20.5 Å². The van der Waals surface area contributed by atoms with Gasteiger partial charge in [-0.25, -0.2) is 9.97 Å². The number of aliphatic hydroxyl groups excluding tert-OH is 1. The largest absolute Gasteiger partial charge is 0.490 e. The molecule has 0 aliphatic carbocycles. The molecule has 114 valence electrons. The minimum Gasteiger partial charge on any atom is -0.490 e. The van der Waals surface area contributed by atoms with Gasteiger partial charge in [0.1, 0.15) is 6.33 Å². The molecular formula is C14H26N4O2. The normalized spacial score (nSPS) is 12.0. The standard InChI is InChI=1S/C14H26N4O2/c1-4-7-15-13-12(20-3)14(18-10-17-13)16-8-5-6-11(2)9-19/h10-11,19H,4-9H2,1-3H3,(H2,15,16,17,18). The molecule has 0 amide bonds. The first-order valence-corrected chi connectivity index (χ1v) is 7.20.